The molecule has 0 saturated carbocycles. The van der Waals surface area contributed by atoms with Gasteiger partial charge in [-0.2, -0.15) is 0 Å². The molecule has 0 aromatic heterocycles. The van der Waals surface area contributed by atoms with E-state index in [2.05, 4.69) is 57.2 Å². The minimum atomic E-state index is -0.563. The maximum absolute atomic E-state index is 10.9. The Balaban J connectivity index is 0.000000287. The molecule has 3 fully saturated rings. The Morgan fingerprint density at radius 3 is 1.82 bits per heavy atom. The van der Waals surface area contributed by atoms with Crippen LogP contribution < -0.4 is 0 Å². The highest BCUT2D eigenvalue weighted by molar-refractivity contribution is 5.54. The van der Waals surface area contributed by atoms with Gasteiger partial charge in [-0.15, -0.1) is 0 Å². The summed E-state index contributed by atoms with van der Waals surface area (Å²) < 4.78 is 20.8. The van der Waals surface area contributed by atoms with Crippen molar-refractivity contribution in [2.75, 3.05) is 33.0 Å². The van der Waals surface area contributed by atoms with Crippen LogP contribution in [0.3, 0.4) is 0 Å². The molecule has 0 spiro atoms. The molecule has 0 radical (unpaired) electrons. The average Bonchev–Trinajstić information content (AvgIpc) is 3.80. The van der Waals surface area contributed by atoms with Crippen LogP contribution in [0.5, 0.6) is 11.5 Å². The summed E-state index contributed by atoms with van der Waals surface area (Å²) in [7, 11) is 0. The smallest absolute Gasteiger partial charge is 0.161 e. The van der Waals surface area contributed by atoms with E-state index in [1.54, 1.807) is 0 Å². The fourth-order valence-electron chi connectivity index (χ4n) is 5.59. The molecule has 3 aromatic rings. The highest BCUT2D eigenvalue weighted by Crippen LogP contribution is 2.58. The molecule has 3 aromatic carbocycles. The number of epoxide rings is 3. The lowest BCUT2D eigenvalue weighted by atomic mass is 9.52. The van der Waals surface area contributed by atoms with Crippen LogP contribution in [0.25, 0.3) is 0 Å². The Morgan fingerprint density at radius 1 is 0.744 bits per heavy atom. The zero-order valence-corrected chi connectivity index (χ0v) is 23.1. The minimum absolute atomic E-state index is 0.0496. The average molecular weight is 533 g/mol. The maximum Gasteiger partial charge on any atom is 0.161 e. The van der Waals surface area contributed by atoms with Crippen LogP contribution >= 0.6 is 0 Å². The number of aromatic hydroxyl groups is 2. The molecular weight excluding hydrogens is 492 g/mol. The molecule has 6 heteroatoms. The molecule has 0 amide bonds. The predicted octanol–water partition coefficient (Wildman–Crippen LogP) is 5.80. The van der Waals surface area contributed by atoms with Crippen molar-refractivity contribution in [2.45, 2.75) is 56.8 Å². The van der Waals surface area contributed by atoms with E-state index in [0.717, 1.165) is 50.6 Å². The van der Waals surface area contributed by atoms with Gasteiger partial charge in [0, 0.05) is 11.0 Å². The van der Waals surface area contributed by atoms with Gasteiger partial charge in [0.2, 0.25) is 0 Å². The number of para-hydroxylation sites is 1. The number of phenols is 2. The first-order valence-corrected chi connectivity index (χ1v) is 13.8. The van der Waals surface area contributed by atoms with Gasteiger partial charge in [0.05, 0.1) is 39.1 Å². The molecule has 0 bridgehead atoms. The number of ether oxygens (including phenoxy) is 4. The van der Waals surface area contributed by atoms with Crippen molar-refractivity contribution in [3.63, 3.8) is 0 Å². The zero-order chi connectivity index (χ0) is 27.5. The van der Waals surface area contributed by atoms with Crippen molar-refractivity contribution < 1.29 is 29.2 Å². The summed E-state index contributed by atoms with van der Waals surface area (Å²) in [5.41, 5.74) is 2.23. The van der Waals surface area contributed by atoms with Crippen LogP contribution in [-0.4, -0.2) is 61.6 Å². The Morgan fingerprint density at radius 2 is 1.28 bits per heavy atom. The largest absolute Gasteiger partial charge is 0.504 e. The van der Waals surface area contributed by atoms with Crippen molar-refractivity contribution in [1.82, 2.24) is 0 Å². The van der Waals surface area contributed by atoms with Gasteiger partial charge in [0.1, 0.15) is 12.2 Å². The molecule has 39 heavy (non-hydrogen) atoms. The van der Waals surface area contributed by atoms with Gasteiger partial charge in [-0.05, 0) is 34.9 Å². The highest BCUT2D eigenvalue weighted by Gasteiger charge is 2.51. The molecule has 3 aliphatic rings. The molecule has 3 saturated heterocycles. The van der Waals surface area contributed by atoms with Gasteiger partial charge in [-0.25, -0.2) is 0 Å². The lowest BCUT2D eigenvalue weighted by molar-refractivity contribution is 0.102. The quantitative estimate of drug-likeness (QED) is 0.240. The van der Waals surface area contributed by atoms with Gasteiger partial charge in [0.15, 0.2) is 11.5 Å². The van der Waals surface area contributed by atoms with Gasteiger partial charge >= 0.3 is 0 Å². The fraction of sp³-hybridized carbons (Fsp3) is 0.455. The summed E-state index contributed by atoms with van der Waals surface area (Å²) in [6.07, 6.45) is 1.97. The lowest BCUT2D eigenvalue weighted by Gasteiger charge is -2.50. The van der Waals surface area contributed by atoms with Crippen LogP contribution in [0.1, 0.15) is 49.8 Å². The molecule has 0 aliphatic carbocycles. The summed E-state index contributed by atoms with van der Waals surface area (Å²) in [6, 6.07) is 26.1. The first kappa shape index (κ1) is 27.7. The molecule has 5 atom stereocenters. The number of hydrogen-bond donors (Lipinski definition) is 2. The number of hydrogen-bond acceptors (Lipinski definition) is 6. The van der Waals surface area contributed by atoms with Gasteiger partial charge in [0.25, 0.3) is 0 Å². The van der Waals surface area contributed by atoms with E-state index in [-0.39, 0.29) is 28.9 Å². The monoisotopic (exact) mass is 532 g/mol. The molecule has 208 valence electrons. The summed E-state index contributed by atoms with van der Waals surface area (Å²) in [4.78, 5) is 0. The predicted molar refractivity (Wildman–Crippen MR) is 150 cm³/mol. The van der Waals surface area contributed by atoms with E-state index in [4.69, 9.17) is 18.9 Å². The SMILES string of the molecule is C(OCC1CO1)C1CO1.CC(c1ccccc1)(c1cccc(O)c1O)C(C)(C)C(CC1CO1)c1ccccc1. The number of phenolic OH excluding ortho intramolecular Hbond substituents is 2. The summed E-state index contributed by atoms with van der Waals surface area (Å²) in [6.45, 7) is 10.8. The van der Waals surface area contributed by atoms with E-state index < -0.39 is 5.41 Å². The first-order valence-electron chi connectivity index (χ1n) is 13.8. The summed E-state index contributed by atoms with van der Waals surface area (Å²) >= 11 is 0. The second kappa shape index (κ2) is 11.7. The minimum Gasteiger partial charge on any atom is -0.504 e. The van der Waals surface area contributed by atoms with Gasteiger partial charge in [-0.3, -0.25) is 0 Å². The second-order valence-electron chi connectivity index (χ2n) is 11.5. The lowest BCUT2D eigenvalue weighted by Crippen LogP contribution is -2.45. The van der Waals surface area contributed by atoms with Gasteiger partial charge in [-0.1, -0.05) is 93.6 Å². The third-order valence-electron chi connectivity index (χ3n) is 8.58. The topological polar surface area (TPSA) is 87.3 Å². The van der Waals surface area contributed by atoms with E-state index in [9.17, 15) is 10.2 Å². The third kappa shape index (κ3) is 6.47. The van der Waals surface area contributed by atoms with E-state index in [1.165, 1.54) is 11.6 Å². The maximum atomic E-state index is 10.9. The standard InChI is InChI=1S/C27H30O3.C6H10O3/c1-26(2,23(17-21-18-30-21)19-11-6-4-7-12-19)27(3,20-13-8-5-9-14-20)22-15-10-16-24(28)25(22)29;1(5-3-8-5)7-2-6-4-9-6/h4-16,21,23,28-29H,17-18H2,1-3H3;5-6H,1-4H2. The normalized spacial score (nSPS) is 23.6. The van der Waals surface area contributed by atoms with E-state index >= 15 is 0 Å². The molecular formula is C33H40O6. The van der Waals surface area contributed by atoms with Crippen LogP contribution in [0, 0.1) is 5.41 Å². The Labute approximate surface area is 231 Å². The molecule has 5 unspecified atom stereocenters. The second-order valence-corrected chi connectivity index (χ2v) is 11.5. The molecule has 3 aliphatic heterocycles. The van der Waals surface area contributed by atoms with Gasteiger partial charge < -0.3 is 29.2 Å². The molecule has 3 heterocycles. The molecule has 6 rings (SSSR count). The summed E-state index contributed by atoms with van der Waals surface area (Å²) in [5.74, 6) is 0.0526. The highest BCUT2D eigenvalue weighted by atomic mass is 16.6. The van der Waals surface area contributed by atoms with E-state index in [0.29, 0.717) is 12.2 Å². The Bertz CT molecular complexity index is 1190. The zero-order valence-electron chi connectivity index (χ0n) is 23.1. The van der Waals surface area contributed by atoms with E-state index in [1.807, 2.05) is 36.4 Å². The van der Waals surface area contributed by atoms with Crippen molar-refractivity contribution in [2.24, 2.45) is 5.41 Å². The Hall–Kier alpha value is -2.90. The van der Waals surface area contributed by atoms with Crippen molar-refractivity contribution in [3.8, 4) is 11.5 Å². The van der Waals surface area contributed by atoms with Crippen molar-refractivity contribution in [1.29, 1.82) is 0 Å². The van der Waals surface area contributed by atoms with Crippen LogP contribution in [0.2, 0.25) is 0 Å². The van der Waals surface area contributed by atoms with Crippen LogP contribution in [0.15, 0.2) is 78.9 Å². The molecule has 6 nitrogen and oxygen atoms in total. The van der Waals surface area contributed by atoms with Crippen molar-refractivity contribution in [3.05, 3.63) is 95.6 Å². The number of benzene rings is 3. The van der Waals surface area contributed by atoms with Crippen molar-refractivity contribution >= 4 is 0 Å². The summed E-state index contributed by atoms with van der Waals surface area (Å²) in [5, 5.41) is 21.2. The Kier molecular flexibility index (Phi) is 8.29. The van der Waals surface area contributed by atoms with Crippen LogP contribution in [-0.2, 0) is 24.4 Å². The van der Waals surface area contributed by atoms with Crippen LogP contribution in [0.4, 0.5) is 0 Å². The molecule has 2 N–H and O–H groups in total. The number of rotatable bonds is 11. The fourth-order valence-corrected chi connectivity index (χ4v) is 5.59. The third-order valence-corrected chi connectivity index (χ3v) is 8.58. The first-order chi connectivity index (χ1) is 18.8.